The molecule has 0 amide bonds. The van der Waals surface area contributed by atoms with Gasteiger partial charge in [-0.3, -0.25) is 4.98 Å². The van der Waals surface area contributed by atoms with E-state index in [-0.39, 0.29) is 5.41 Å². The van der Waals surface area contributed by atoms with Crippen molar-refractivity contribution in [2.45, 2.75) is 26.9 Å². The van der Waals surface area contributed by atoms with Crippen LogP contribution in [0.2, 0.25) is 0 Å². The Labute approximate surface area is 128 Å². The van der Waals surface area contributed by atoms with E-state index in [9.17, 15) is 13.2 Å². The van der Waals surface area contributed by atoms with Crippen LogP contribution in [0, 0.1) is 17.3 Å². The number of pyridine rings is 1. The zero-order valence-electron chi connectivity index (χ0n) is 12.6. The highest BCUT2D eigenvalue weighted by Gasteiger charge is 2.31. The van der Waals surface area contributed by atoms with Gasteiger partial charge in [0.05, 0.1) is 11.3 Å². The fourth-order valence-corrected chi connectivity index (χ4v) is 1.82. The molecule has 0 radical (unpaired) electrons. The van der Waals surface area contributed by atoms with Gasteiger partial charge in [-0.25, -0.2) is 0 Å². The Morgan fingerprint density at radius 2 is 1.73 bits per heavy atom. The van der Waals surface area contributed by atoms with Gasteiger partial charge in [0.15, 0.2) is 0 Å². The summed E-state index contributed by atoms with van der Waals surface area (Å²) in [4.78, 5) is 4.14. The Hall–Kier alpha value is -2.28. The van der Waals surface area contributed by atoms with Crippen molar-refractivity contribution >= 4 is 0 Å². The summed E-state index contributed by atoms with van der Waals surface area (Å²) in [7, 11) is 0. The molecule has 114 valence electrons. The summed E-state index contributed by atoms with van der Waals surface area (Å²) in [5, 5.41) is 0. The number of alkyl halides is 3. The van der Waals surface area contributed by atoms with Crippen molar-refractivity contribution in [1.82, 2.24) is 4.98 Å². The van der Waals surface area contributed by atoms with Gasteiger partial charge in [0, 0.05) is 22.7 Å². The second kappa shape index (κ2) is 5.84. The predicted molar refractivity (Wildman–Crippen MR) is 81.0 cm³/mol. The van der Waals surface area contributed by atoms with E-state index in [0.717, 1.165) is 12.1 Å². The minimum atomic E-state index is -4.39. The predicted octanol–water partition coefficient (Wildman–Crippen LogP) is 5.17. The maximum absolute atomic E-state index is 12.9. The van der Waals surface area contributed by atoms with Crippen LogP contribution in [0.5, 0.6) is 0 Å². The minimum Gasteiger partial charge on any atom is -0.256 e. The van der Waals surface area contributed by atoms with Crippen molar-refractivity contribution < 1.29 is 13.2 Å². The Bertz CT molecular complexity index is 714. The quantitative estimate of drug-likeness (QED) is 0.663. The molecule has 0 aliphatic rings. The molecule has 1 aromatic carbocycles. The number of aromatic nitrogens is 1. The molecule has 2 rings (SSSR count). The molecule has 0 saturated carbocycles. The monoisotopic (exact) mass is 303 g/mol. The lowest BCUT2D eigenvalue weighted by Gasteiger charge is -2.11. The van der Waals surface area contributed by atoms with Crippen LogP contribution < -0.4 is 0 Å². The molecule has 0 aliphatic heterocycles. The number of rotatable bonds is 1. The van der Waals surface area contributed by atoms with Crippen molar-refractivity contribution in [2.24, 2.45) is 5.41 Å². The van der Waals surface area contributed by atoms with E-state index in [1.54, 1.807) is 24.4 Å². The van der Waals surface area contributed by atoms with Crippen LogP contribution in [0.1, 0.15) is 31.9 Å². The molecular weight excluding hydrogens is 287 g/mol. The Morgan fingerprint density at radius 3 is 2.27 bits per heavy atom. The maximum Gasteiger partial charge on any atom is 0.416 e. The van der Waals surface area contributed by atoms with E-state index in [1.807, 2.05) is 20.8 Å². The second-order valence-electron chi connectivity index (χ2n) is 5.97. The van der Waals surface area contributed by atoms with E-state index in [0.29, 0.717) is 16.8 Å². The molecule has 0 bridgehead atoms. The fourth-order valence-electron chi connectivity index (χ4n) is 1.82. The highest BCUT2D eigenvalue weighted by atomic mass is 19.4. The summed E-state index contributed by atoms with van der Waals surface area (Å²) in [5.41, 5.74) is 0.486. The van der Waals surface area contributed by atoms with Crippen LogP contribution in [0.4, 0.5) is 13.2 Å². The molecule has 2 aromatic rings. The van der Waals surface area contributed by atoms with E-state index in [4.69, 9.17) is 0 Å². The van der Waals surface area contributed by atoms with Gasteiger partial charge in [0.25, 0.3) is 0 Å². The van der Waals surface area contributed by atoms with Gasteiger partial charge in [-0.2, -0.15) is 13.2 Å². The lowest BCUT2D eigenvalue weighted by atomic mass is 9.95. The van der Waals surface area contributed by atoms with Crippen molar-refractivity contribution in [1.29, 1.82) is 0 Å². The Kier molecular flexibility index (Phi) is 4.27. The normalized spacial score (nSPS) is 11.7. The van der Waals surface area contributed by atoms with Crippen LogP contribution in [0.3, 0.4) is 0 Å². The smallest absolute Gasteiger partial charge is 0.256 e. The van der Waals surface area contributed by atoms with E-state index >= 15 is 0 Å². The number of halogens is 3. The molecule has 4 heteroatoms. The first-order valence-corrected chi connectivity index (χ1v) is 6.83. The van der Waals surface area contributed by atoms with Crippen LogP contribution in [-0.4, -0.2) is 4.98 Å². The third-order valence-electron chi connectivity index (χ3n) is 2.86. The average molecular weight is 303 g/mol. The summed E-state index contributed by atoms with van der Waals surface area (Å²) in [6.45, 7) is 5.85. The molecule has 0 atom stereocenters. The molecule has 0 saturated heterocycles. The van der Waals surface area contributed by atoms with Crippen LogP contribution in [-0.2, 0) is 6.18 Å². The molecule has 0 unspecified atom stereocenters. The number of nitrogens with zero attached hydrogens (tertiary/aromatic N) is 1. The van der Waals surface area contributed by atoms with E-state index in [2.05, 4.69) is 16.8 Å². The van der Waals surface area contributed by atoms with E-state index in [1.165, 1.54) is 6.07 Å². The molecule has 1 heterocycles. The topological polar surface area (TPSA) is 12.9 Å². The van der Waals surface area contributed by atoms with Crippen molar-refractivity contribution in [3.8, 4) is 23.1 Å². The maximum atomic E-state index is 12.9. The van der Waals surface area contributed by atoms with Crippen LogP contribution in [0.25, 0.3) is 11.3 Å². The standard InChI is InChI=1S/C18H16F3N/c1-17(2,3)10-9-13-7-8-14(18(19,20)21)12-15(13)16-6-4-5-11-22-16/h4-8,11-12H,1-3H3. The summed E-state index contributed by atoms with van der Waals surface area (Å²) in [5.74, 6) is 6.02. The van der Waals surface area contributed by atoms with Crippen LogP contribution >= 0.6 is 0 Å². The first kappa shape index (κ1) is 16.1. The first-order chi connectivity index (χ1) is 10.2. The molecule has 0 fully saturated rings. The third kappa shape index (κ3) is 4.11. The zero-order valence-corrected chi connectivity index (χ0v) is 12.6. The summed E-state index contributed by atoms with van der Waals surface area (Å²) in [6, 6.07) is 8.71. The molecule has 0 spiro atoms. The molecule has 0 N–H and O–H groups in total. The lowest BCUT2D eigenvalue weighted by molar-refractivity contribution is -0.137. The van der Waals surface area contributed by atoms with Gasteiger partial charge in [-0.1, -0.05) is 17.9 Å². The van der Waals surface area contributed by atoms with Gasteiger partial charge >= 0.3 is 6.18 Å². The Balaban J connectivity index is 2.61. The minimum absolute atomic E-state index is 0.232. The number of hydrogen-bond donors (Lipinski definition) is 0. The molecular formula is C18H16F3N. The molecule has 0 aliphatic carbocycles. The largest absolute Gasteiger partial charge is 0.416 e. The van der Waals surface area contributed by atoms with E-state index < -0.39 is 11.7 Å². The molecule has 1 nitrogen and oxygen atoms in total. The van der Waals surface area contributed by atoms with Gasteiger partial charge in [0.1, 0.15) is 0 Å². The zero-order chi connectivity index (χ0) is 16.4. The molecule has 1 aromatic heterocycles. The highest BCUT2D eigenvalue weighted by Crippen LogP contribution is 2.33. The summed E-state index contributed by atoms with van der Waals surface area (Å²) in [6.07, 6.45) is -2.84. The summed E-state index contributed by atoms with van der Waals surface area (Å²) >= 11 is 0. The van der Waals surface area contributed by atoms with Crippen molar-refractivity contribution in [2.75, 3.05) is 0 Å². The second-order valence-corrected chi connectivity index (χ2v) is 5.97. The number of benzene rings is 1. The highest BCUT2D eigenvalue weighted by molar-refractivity contribution is 5.69. The van der Waals surface area contributed by atoms with Crippen molar-refractivity contribution in [3.05, 3.63) is 53.7 Å². The average Bonchev–Trinajstić information content (AvgIpc) is 2.44. The van der Waals surface area contributed by atoms with Gasteiger partial charge in [0.2, 0.25) is 0 Å². The van der Waals surface area contributed by atoms with Crippen molar-refractivity contribution in [3.63, 3.8) is 0 Å². The Morgan fingerprint density at radius 1 is 1.00 bits per heavy atom. The summed E-state index contributed by atoms with van der Waals surface area (Å²) < 4.78 is 38.8. The van der Waals surface area contributed by atoms with Gasteiger partial charge in [-0.15, -0.1) is 0 Å². The van der Waals surface area contributed by atoms with Gasteiger partial charge in [-0.05, 0) is 51.1 Å². The lowest BCUT2D eigenvalue weighted by Crippen LogP contribution is -2.06. The molecule has 22 heavy (non-hydrogen) atoms. The number of hydrogen-bond acceptors (Lipinski definition) is 1. The van der Waals surface area contributed by atoms with Crippen LogP contribution in [0.15, 0.2) is 42.6 Å². The third-order valence-corrected chi connectivity index (χ3v) is 2.86. The fraction of sp³-hybridized carbons (Fsp3) is 0.278. The van der Waals surface area contributed by atoms with Gasteiger partial charge < -0.3 is 0 Å². The first-order valence-electron chi connectivity index (χ1n) is 6.83. The SMILES string of the molecule is CC(C)(C)C#Cc1ccc(C(F)(F)F)cc1-c1ccccn1.